The van der Waals surface area contributed by atoms with Crippen molar-refractivity contribution in [3.8, 4) is 0 Å². The third-order valence-electron chi connectivity index (χ3n) is 5.43. The molecule has 0 fully saturated rings. The van der Waals surface area contributed by atoms with Crippen molar-refractivity contribution in [3.63, 3.8) is 0 Å². The van der Waals surface area contributed by atoms with Crippen molar-refractivity contribution >= 4 is 79.8 Å². The van der Waals surface area contributed by atoms with Crippen LogP contribution in [0, 0.1) is 0 Å². The van der Waals surface area contributed by atoms with E-state index in [0.717, 1.165) is 12.4 Å². The standard InChI is InChI=1S/C23H22Cl4N6O5S/c1-3-33(4-2)39(37,38)19-8-18(29-11-30-19)31-17(23(35)36)7-12-5-13(24)21(14(25)6-12)32-22(34)20-15(26)9-28-10-16(20)27/h5-6,8-11,17H,3-4,7H2,1-2H3,(H,32,34)(H,35,36)(H,29,30,31). The Morgan fingerprint density at radius 1 is 0.974 bits per heavy atom. The molecular weight excluding hydrogens is 614 g/mol. The number of amides is 1. The molecule has 0 saturated carbocycles. The van der Waals surface area contributed by atoms with Crippen LogP contribution in [0.4, 0.5) is 11.5 Å². The molecule has 0 radical (unpaired) electrons. The SMILES string of the molecule is CCN(CC)S(=O)(=O)c1cc(NC(Cc2cc(Cl)c(NC(=O)c3c(Cl)cncc3Cl)c(Cl)c2)C(=O)O)ncn1. The van der Waals surface area contributed by atoms with E-state index in [1.54, 1.807) is 13.8 Å². The number of carbonyl (C=O) groups excluding carboxylic acids is 1. The van der Waals surface area contributed by atoms with Crippen LogP contribution in [0.1, 0.15) is 29.8 Å². The fraction of sp³-hybridized carbons (Fsp3) is 0.261. The number of rotatable bonds is 11. The summed E-state index contributed by atoms with van der Waals surface area (Å²) in [4.78, 5) is 36.3. The fourth-order valence-corrected chi connectivity index (χ4v) is 6.09. The normalized spacial score (nSPS) is 12.3. The number of aromatic nitrogens is 3. The summed E-state index contributed by atoms with van der Waals surface area (Å²) in [6.45, 7) is 3.87. The molecule has 1 unspecified atom stereocenters. The predicted octanol–water partition coefficient (Wildman–Crippen LogP) is 4.88. The van der Waals surface area contributed by atoms with Gasteiger partial charge in [0, 0.05) is 38.0 Å². The summed E-state index contributed by atoms with van der Waals surface area (Å²) in [6.07, 6.45) is 3.43. The first-order valence-corrected chi connectivity index (χ1v) is 14.2. The number of carboxylic acid groups (broad SMARTS) is 1. The second-order valence-electron chi connectivity index (χ2n) is 7.94. The Labute approximate surface area is 244 Å². The Hall–Kier alpha value is -2.74. The van der Waals surface area contributed by atoms with Crippen molar-refractivity contribution in [2.45, 2.75) is 31.3 Å². The van der Waals surface area contributed by atoms with E-state index in [9.17, 15) is 23.1 Å². The maximum atomic E-state index is 12.8. The van der Waals surface area contributed by atoms with Crippen LogP contribution in [0.3, 0.4) is 0 Å². The molecule has 16 heteroatoms. The Morgan fingerprint density at radius 3 is 2.10 bits per heavy atom. The van der Waals surface area contributed by atoms with Crippen LogP contribution in [0.15, 0.2) is 41.9 Å². The molecule has 0 aliphatic carbocycles. The topological polar surface area (TPSA) is 154 Å². The summed E-state index contributed by atoms with van der Waals surface area (Å²) >= 11 is 24.8. The molecule has 39 heavy (non-hydrogen) atoms. The van der Waals surface area contributed by atoms with Crippen molar-refractivity contribution in [2.75, 3.05) is 23.7 Å². The zero-order valence-electron chi connectivity index (χ0n) is 20.5. The van der Waals surface area contributed by atoms with Gasteiger partial charge in [0.15, 0.2) is 5.03 Å². The molecule has 0 bridgehead atoms. The number of halogens is 4. The molecule has 11 nitrogen and oxygen atoms in total. The summed E-state index contributed by atoms with van der Waals surface area (Å²) in [5, 5.41) is 14.9. The molecule has 1 aromatic carbocycles. The van der Waals surface area contributed by atoms with Crippen LogP contribution in [0.25, 0.3) is 0 Å². The Balaban J connectivity index is 1.82. The van der Waals surface area contributed by atoms with Crippen molar-refractivity contribution in [2.24, 2.45) is 0 Å². The van der Waals surface area contributed by atoms with Gasteiger partial charge in [-0.15, -0.1) is 0 Å². The molecule has 2 heterocycles. The number of nitrogens with zero attached hydrogens (tertiary/aromatic N) is 4. The van der Waals surface area contributed by atoms with Crippen LogP contribution in [-0.4, -0.2) is 63.8 Å². The summed E-state index contributed by atoms with van der Waals surface area (Å²) < 4.78 is 26.8. The maximum absolute atomic E-state index is 12.8. The van der Waals surface area contributed by atoms with E-state index in [2.05, 4.69) is 25.6 Å². The fourth-order valence-electron chi connectivity index (χ4n) is 3.54. The number of carboxylic acids is 1. The first-order chi connectivity index (χ1) is 18.4. The molecule has 0 spiro atoms. The van der Waals surface area contributed by atoms with Gasteiger partial charge in [-0.3, -0.25) is 9.78 Å². The summed E-state index contributed by atoms with van der Waals surface area (Å²) in [5.74, 6) is -1.92. The minimum atomic E-state index is -3.88. The second-order valence-corrected chi connectivity index (χ2v) is 11.5. The average molecular weight is 636 g/mol. The van der Waals surface area contributed by atoms with E-state index >= 15 is 0 Å². The molecular formula is C23H22Cl4N6O5S. The Morgan fingerprint density at radius 2 is 1.56 bits per heavy atom. The molecule has 0 aliphatic heterocycles. The minimum Gasteiger partial charge on any atom is -0.480 e. The van der Waals surface area contributed by atoms with Gasteiger partial charge in [0.2, 0.25) is 0 Å². The first kappa shape index (κ1) is 30.8. The van der Waals surface area contributed by atoms with Gasteiger partial charge in [0.1, 0.15) is 18.2 Å². The van der Waals surface area contributed by atoms with Crippen molar-refractivity contribution in [1.29, 1.82) is 0 Å². The quantitative estimate of drug-likeness (QED) is 0.250. The number of sulfonamides is 1. The number of anilines is 2. The molecule has 1 amide bonds. The van der Waals surface area contributed by atoms with E-state index < -0.39 is 27.9 Å². The summed E-state index contributed by atoms with van der Waals surface area (Å²) in [6, 6.07) is 2.79. The smallest absolute Gasteiger partial charge is 0.326 e. The minimum absolute atomic E-state index is 0.00434. The first-order valence-electron chi connectivity index (χ1n) is 11.3. The number of benzene rings is 1. The summed E-state index contributed by atoms with van der Waals surface area (Å²) in [5.41, 5.74) is 0.456. The molecule has 0 aliphatic rings. The third-order valence-corrected chi connectivity index (χ3v) is 8.55. The lowest BCUT2D eigenvalue weighted by Crippen LogP contribution is -2.33. The van der Waals surface area contributed by atoms with Gasteiger partial charge in [0.05, 0.1) is 31.3 Å². The Bertz CT molecular complexity index is 1460. The average Bonchev–Trinajstić information content (AvgIpc) is 2.86. The highest BCUT2D eigenvalue weighted by Crippen LogP contribution is 2.34. The number of carbonyl (C=O) groups is 2. The molecule has 3 aromatic rings. The van der Waals surface area contributed by atoms with Gasteiger partial charge in [-0.05, 0) is 17.7 Å². The van der Waals surface area contributed by atoms with Gasteiger partial charge in [0.25, 0.3) is 15.9 Å². The highest BCUT2D eigenvalue weighted by molar-refractivity contribution is 7.89. The molecule has 1 atom stereocenters. The van der Waals surface area contributed by atoms with E-state index in [-0.39, 0.29) is 61.7 Å². The predicted molar refractivity (Wildman–Crippen MR) is 150 cm³/mol. The van der Waals surface area contributed by atoms with Crippen LogP contribution < -0.4 is 10.6 Å². The van der Waals surface area contributed by atoms with Crippen molar-refractivity contribution in [1.82, 2.24) is 19.3 Å². The van der Waals surface area contributed by atoms with Gasteiger partial charge >= 0.3 is 5.97 Å². The maximum Gasteiger partial charge on any atom is 0.326 e. The zero-order chi connectivity index (χ0) is 28.9. The lowest BCUT2D eigenvalue weighted by atomic mass is 10.1. The van der Waals surface area contributed by atoms with Gasteiger partial charge < -0.3 is 15.7 Å². The number of pyridine rings is 1. The highest BCUT2D eigenvalue weighted by atomic mass is 35.5. The van der Waals surface area contributed by atoms with Crippen LogP contribution in [-0.2, 0) is 21.2 Å². The number of hydrogen-bond donors (Lipinski definition) is 3. The highest BCUT2D eigenvalue weighted by Gasteiger charge is 2.26. The van der Waals surface area contributed by atoms with E-state index in [1.807, 2.05) is 0 Å². The molecule has 208 valence electrons. The molecule has 3 N–H and O–H groups in total. The van der Waals surface area contributed by atoms with E-state index in [4.69, 9.17) is 46.4 Å². The lowest BCUT2D eigenvalue weighted by Gasteiger charge is -2.19. The van der Waals surface area contributed by atoms with Crippen LogP contribution >= 0.6 is 46.4 Å². The van der Waals surface area contributed by atoms with Gasteiger partial charge in [-0.1, -0.05) is 60.3 Å². The largest absolute Gasteiger partial charge is 0.480 e. The lowest BCUT2D eigenvalue weighted by molar-refractivity contribution is -0.137. The second kappa shape index (κ2) is 13.1. The summed E-state index contributed by atoms with van der Waals surface area (Å²) in [7, 11) is -3.88. The van der Waals surface area contributed by atoms with Gasteiger partial charge in [-0.2, -0.15) is 4.31 Å². The molecule has 0 saturated heterocycles. The number of nitrogens with one attached hydrogen (secondary N) is 2. The zero-order valence-corrected chi connectivity index (χ0v) is 24.3. The number of aliphatic carboxylic acids is 1. The number of hydrogen-bond acceptors (Lipinski definition) is 8. The van der Waals surface area contributed by atoms with E-state index in [1.165, 1.54) is 28.8 Å². The monoisotopic (exact) mass is 634 g/mol. The van der Waals surface area contributed by atoms with Crippen LogP contribution in [0.2, 0.25) is 20.1 Å². The molecule has 3 rings (SSSR count). The third kappa shape index (κ3) is 7.27. The molecule has 2 aromatic heterocycles. The van der Waals surface area contributed by atoms with Gasteiger partial charge in [-0.25, -0.2) is 23.2 Å². The van der Waals surface area contributed by atoms with E-state index in [0.29, 0.717) is 5.56 Å². The van der Waals surface area contributed by atoms with Crippen molar-refractivity contribution < 1.29 is 23.1 Å². The Kier molecular flexibility index (Phi) is 10.3. The van der Waals surface area contributed by atoms with Crippen LogP contribution in [0.5, 0.6) is 0 Å². The van der Waals surface area contributed by atoms with Crippen molar-refractivity contribution in [3.05, 3.63) is 68.1 Å².